The molecule has 1 unspecified atom stereocenters. The average Bonchev–Trinajstić information content (AvgIpc) is 2.44. The summed E-state index contributed by atoms with van der Waals surface area (Å²) in [5, 5.41) is 3.48. The maximum Gasteiger partial charge on any atom is 0.119 e. The van der Waals surface area contributed by atoms with E-state index in [1.165, 1.54) is 12.0 Å². The maximum atomic E-state index is 5.43. The fraction of sp³-hybridized carbons (Fsp3) is 0.625. The van der Waals surface area contributed by atoms with Crippen LogP contribution in [0.3, 0.4) is 0 Å². The summed E-state index contributed by atoms with van der Waals surface area (Å²) < 4.78 is 5.43. The smallest absolute Gasteiger partial charge is 0.119 e. The quantitative estimate of drug-likeness (QED) is 0.694. The van der Waals surface area contributed by atoms with Gasteiger partial charge in [0.15, 0.2) is 0 Å². The molecule has 19 heavy (non-hydrogen) atoms. The zero-order valence-corrected chi connectivity index (χ0v) is 12.8. The Labute approximate surface area is 118 Å². The summed E-state index contributed by atoms with van der Waals surface area (Å²) in [6.07, 6.45) is 1.20. The summed E-state index contributed by atoms with van der Waals surface area (Å²) >= 11 is 0. The van der Waals surface area contributed by atoms with Crippen molar-refractivity contribution in [3.05, 3.63) is 29.8 Å². The molecule has 1 rings (SSSR count). The zero-order valence-electron chi connectivity index (χ0n) is 12.8. The highest BCUT2D eigenvalue weighted by molar-refractivity contribution is 5.27. The molecule has 3 heteroatoms. The van der Waals surface area contributed by atoms with E-state index in [1.54, 1.807) is 0 Å². The van der Waals surface area contributed by atoms with Crippen molar-refractivity contribution < 1.29 is 4.74 Å². The van der Waals surface area contributed by atoms with E-state index < -0.39 is 0 Å². The highest BCUT2D eigenvalue weighted by Gasteiger charge is 2.05. The van der Waals surface area contributed by atoms with Gasteiger partial charge >= 0.3 is 0 Å². The highest BCUT2D eigenvalue weighted by Crippen LogP contribution is 2.11. The van der Waals surface area contributed by atoms with Crippen LogP contribution in [0.1, 0.15) is 32.8 Å². The van der Waals surface area contributed by atoms with Crippen LogP contribution in [0.15, 0.2) is 24.3 Å². The molecule has 0 fully saturated rings. The third kappa shape index (κ3) is 6.08. The van der Waals surface area contributed by atoms with Crippen LogP contribution in [-0.2, 0) is 6.54 Å². The van der Waals surface area contributed by atoms with Gasteiger partial charge in [-0.15, -0.1) is 0 Å². The van der Waals surface area contributed by atoms with E-state index in [1.807, 2.05) is 19.1 Å². The molecule has 0 aliphatic rings. The van der Waals surface area contributed by atoms with Crippen molar-refractivity contribution in [2.75, 3.05) is 26.7 Å². The van der Waals surface area contributed by atoms with Crippen LogP contribution in [0, 0.1) is 0 Å². The van der Waals surface area contributed by atoms with Gasteiger partial charge in [-0.1, -0.05) is 19.1 Å². The second-order valence-corrected chi connectivity index (χ2v) is 4.99. The van der Waals surface area contributed by atoms with Crippen LogP contribution < -0.4 is 10.1 Å². The van der Waals surface area contributed by atoms with Gasteiger partial charge < -0.3 is 15.0 Å². The summed E-state index contributed by atoms with van der Waals surface area (Å²) in [4.78, 5) is 2.39. The molecular formula is C16H28N2O. The second-order valence-electron chi connectivity index (χ2n) is 4.99. The molecular weight excluding hydrogens is 236 g/mol. The number of benzene rings is 1. The van der Waals surface area contributed by atoms with Gasteiger partial charge in [0, 0.05) is 25.7 Å². The van der Waals surface area contributed by atoms with Gasteiger partial charge in [-0.2, -0.15) is 0 Å². The highest BCUT2D eigenvalue weighted by atomic mass is 16.5. The largest absolute Gasteiger partial charge is 0.494 e. The van der Waals surface area contributed by atoms with Gasteiger partial charge in [0.25, 0.3) is 0 Å². The number of likely N-dealkylation sites (N-methyl/N-ethyl adjacent to an activating group) is 1. The van der Waals surface area contributed by atoms with Crippen LogP contribution in [0.4, 0.5) is 0 Å². The van der Waals surface area contributed by atoms with Crippen molar-refractivity contribution in [2.45, 2.75) is 39.8 Å². The first-order valence-corrected chi connectivity index (χ1v) is 7.30. The van der Waals surface area contributed by atoms with Crippen molar-refractivity contribution in [1.82, 2.24) is 10.2 Å². The number of hydrogen-bond acceptors (Lipinski definition) is 3. The lowest BCUT2D eigenvalue weighted by Gasteiger charge is -2.23. The molecule has 108 valence electrons. The molecule has 1 aromatic carbocycles. The summed E-state index contributed by atoms with van der Waals surface area (Å²) in [5.41, 5.74) is 1.30. The third-order valence-electron chi connectivity index (χ3n) is 3.55. The predicted octanol–water partition coefficient (Wildman–Crippen LogP) is 2.91. The number of nitrogens with zero attached hydrogens (tertiary/aromatic N) is 1. The zero-order chi connectivity index (χ0) is 14.1. The van der Waals surface area contributed by atoms with Gasteiger partial charge in [0.1, 0.15) is 5.75 Å². The molecule has 1 N–H and O–H groups in total. The van der Waals surface area contributed by atoms with Crippen LogP contribution in [0.2, 0.25) is 0 Å². The van der Waals surface area contributed by atoms with E-state index in [2.05, 4.69) is 43.2 Å². The maximum absolute atomic E-state index is 5.43. The summed E-state index contributed by atoms with van der Waals surface area (Å²) in [6, 6.07) is 8.97. The fourth-order valence-electron chi connectivity index (χ4n) is 1.89. The van der Waals surface area contributed by atoms with Crippen molar-refractivity contribution in [2.24, 2.45) is 0 Å². The van der Waals surface area contributed by atoms with E-state index in [-0.39, 0.29) is 0 Å². The SMILES string of the molecule is CCOc1ccc(CNCCN(C)C(C)CC)cc1. The van der Waals surface area contributed by atoms with Crippen LogP contribution in [0.25, 0.3) is 0 Å². The minimum absolute atomic E-state index is 0.660. The number of nitrogens with one attached hydrogen (secondary N) is 1. The first-order valence-electron chi connectivity index (χ1n) is 7.30. The predicted molar refractivity (Wildman–Crippen MR) is 81.7 cm³/mol. The van der Waals surface area contributed by atoms with Crippen molar-refractivity contribution in [3.63, 3.8) is 0 Å². The molecule has 1 atom stereocenters. The lowest BCUT2D eigenvalue weighted by molar-refractivity contribution is 0.251. The van der Waals surface area contributed by atoms with E-state index in [0.29, 0.717) is 6.04 Å². The molecule has 0 aliphatic heterocycles. The molecule has 0 saturated heterocycles. The lowest BCUT2D eigenvalue weighted by Crippen LogP contribution is -2.34. The van der Waals surface area contributed by atoms with Gasteiger partial charge in [-0.3, -0.25) is 0 Å². The first kappa shape index (κ1) is 16.0. The van der Waals surface area contributed by atoms with E-state index in [0.717, 1.165) is 32.0 Å². The second kappa shape index (κ2) is 8.94. The Kier molecular flexibility index (Phi) is 7.53. The fourth-order valence-corrected chi connectivity index (χ4v) is 1.89. The minimum atomic E-state index is 0.660. The Bertz CT molecular complexity index is 337. The molecule has 0 spiro atoms. The standard InChI is InChI=1S/C16H28N2O/c1-5-14(3)18(4)12-11-17-13-15-7-9-16(10-8-15)19-6-2/h7-10,14,17H,5-6,11-13H2,1-4H3. The topological polar surface area (TPSA) is 24.5 Å². The number of hydrogen-bond donors (Lipinski definition) is 1. The molecule has 0 amide bonds. The Morgan fingerprint density at radius 2 is 1.89 bits per heavy atom. The van der Waals surface area contributed by atoms with Crippen molar-refractivity contribution in [3.8, 4) is 5.75 Å². The van der Waals surface area contributed by atoms with Crippen molar-refractivity contribution in [1.29, 1.82) is 0 Å². The number of rotatable bonds is 9. The first-order chi connectivity index (χ1) is 9.17. The summed E-state index contributed by atoms with van der Waals surface area (Å²) in [5.74, 6) is 0.947. The molecule has 0 aromatic heterocycles. The molecule has 1 aromatic rings. The molecule has 0 saturated carbocycles. The minimum Gasteiger partial charge on any atom is -0.494 e. The Balaban J connectivity index is 2.22. The van der Waals surface area contributed by atoms with Gasteiger partial charge in [-0.05, 0) is 45.0 Å². The lowest BCUT2D eigenvalue weighted by atomic mass is 10.2. The van der Waals surface area contributed by atoms with Crippen molar-refractivity contribution >= 4 is 0 Å². The third-order valence-corrected chi connectivity index (χ3v) is 3.55. The van der Waals surface area contributed by atoms with Gasteiger partial charge in [-0.25, -0.2) is 0 Å². The molecule has 0 aliphatic carbocycles. The Hall–Kier alpha value is -1.06. The van der Waals surface area contributed by atoms with Crippen LogP contribution in [-0.4, -0.2) is 37.7 Å². The van der Waals surface area contributed by atoms with E-state index >= 15 is 0 Å². The summed E-state index contributed by atoms with van der Waals surface area (Å²) in [7, 11) is 2.19. The molecule has 3 nitrogen and oxygen atoms in total. The van der Waals surface area contributed by atoms with Crippen LogP contribution >= 0.6 is 0 Å². The van der Waals surface area contributed by atoms with Gasteiger partial charge in [0.2, 0.25) is 0 Å². The van der Waals surface area contributed by atoms with E-state index in [4.69, 9.17) is 4.74 Å². The Morgan fingerprint density at radius 3 is 2.47 bits per heavy atom. The molecule has 0 heterocycles. The van der Waals surface area contributed by atoms with E-state index in [9.17, 15) is 0 Å². The van der Waals surface area contributed by atoms with Gasteiger partial charge in [0.05, 0.1) is 6.61 Å². The Morgan fingerprint density at radius 1 is 1.21 bits per heavy atom. The van der Waals surface area contributed by atoms with Crippen LogP contribution in [0.5, 0.6) is 5.75 Å². The normalized spacial score (nSPS) is 12.7. The summed E-state index contributed by atoms with van der Waals surface area (Å²) in [6.45, 7) is 10.3. The molecule has 0 radical (unpaired) electrons. The number of ether oxygens (including phenoxy) is 1. The monoisotopic (exact) mass is 264 g/mol. The average molecular weight is 264 g/mol. The molecule has 0 bridgehead atoms.